The number of likely N-dealkylation sites (tertiary alicyclic amines) is 1. The van der Waals surface area contributed by atoms with Gasteiger partial charge in [0.1, 0.15) is 17.7 Å². The van der Waals surface area contributed by atoms with Gasteiger partial charge in [-0.25, -0.2) is 4.98 Å². The molecule has 0 radical (unpaired) electrons. The van der Waals surface area contributed by atoms with E-state index in [4.69, 9.17) is 16.6 Å². The van der Waals surface area contributed by atoms with Crippen LogP contribution in [-0.4, -0.2) is 83.0 Å². The topological polar surface area (TPSA) is 179 Å². The van der Waals surface area contributed by atoms with Gasteiger partial charge < -0.3 is 24.8 Å². The molecule has 2 aliphatic heterocycles. The van der Waals surface area contributed by atoms with Crippen LogP contribution in [0.1, 0.15) is 84.5 Å². The lowest BCUT2D eigenvalue weighted by molar-refractivity contribution is -0.137. The van der Waals surface area contributed by atoms with Crippen LogP contribution in [0.15, 0.2) is 47.4 Å². The molecule has 290 valence electrons. The van der Waals surface area contributed by atoms with Crippen molar-refractivity contribution in [2.75, 3.05) is 31.5 Å². The number of piperidine rings is 1. The molecule has 1 saturated carbocycles. The molecule has 4 aliphatic rings. The molecule has 1 aromatic carbocycles. The van der Waals surface area contributed by atoms with Gasteiger partial charge in [-0.05, 0) is 80.3 Å². The van der Waals surface area contributed by atoms with Gasteiger partial charge in [0, 0.05) is 49.0 Å². The third-order valence-electron chi connectivity index (χ3n) is 11.5. The van der Waals surface area contributed by atoms with Gasteiger partial charge in [-0.15, -0.1) is 5.10 Å². The summed E-state index contributed by atoms with van der Waals surface area (Å²) in [5, 5.41) is 26.7. The second-order valence-corrected chi connectivity index (χ2v) is 15.4. The van der Waals surface area contributed by atoms with Crippen molar-refractivity contribution in [2.24, 2.45) is 5.41 Å². The zero-order valence-corrected chi connectivity index (χ0v) is 30.8. The van der Waals surface area contributed by atoms with Gasteiger partial charge >= 0.3 is 6.18 Å². The number of pyridine rings is 1. The molecule has 2 fully saturated rings. The third kappa shape index (κ3) is 6.25. The van der Waals surface area contributed by atoms with Crippen LogP contribution in [0.4, 0.5) is 18.9 Å². The lowest BCUT2D eigenvalue weighted by Gasteiger charge is -2.39. The highest BCUT2D eigenvalue weighted by atomic mass is 35.5. The Morgan fingerprint density at radius 1 is 1.11 bits per heavy atom. The van der Waals surface area contributed by atoms with Crippen LogP contribution in [0, 0.1) is 16.7 Å². The molecule has 1 spiro atoms. The lowest BCUT2D eigenvalue weighted by atomic mass is 9.73. The van der Waals surface area contributed by atoms with Gasteiger partial charge in [0.25, 0.3) is 11.5 Å². The highest BCUT2D eigenvalue weighted by Crippen LogP contribution is 2.51. The number of nitriles is 1. The van der Waals surface area contributed by atoms with Crippen LogP contribution in [0.5, 0.6) is 5.75 Å². The number of rotatable bonds is 6. The number of aromatic hydroxyl groups is 1. The van der Waals surface area contributed by atoms with E-state index in [0.29, 0.717) is 61.9 Å². The van der Waals surface area contributed by atoms with Gasteiger partial charge in [0.15, 0.2) is 11.5 Å². The Bertz CT molecular complexity index is 2460. The minimum Gasteiger partial charge on any atom is -0.505 e. The number of amides is 3. The Labute approximate surface area is 322 Å². The molecule has 18 heteroatoms. The monoisotopic (exact) mass is 789 g/mol. The Morgan fingerprint density at radius 3 is 2.48 bits per heavy atom. The molecule has 0 bridgehead atoms. The SMILES string of the molecule is C[C@H]1CC2(CCN(C(=O)c3ncccc3O)CC2)c2c1n(CC(=O)Nc1ccc(C(F)(F)F)cc1Cl)c1nc(C3=CCN(C(=O)C4(C#N)CC4)CC3)nn1c2=O. The number of nitrogens with zero attached hydrogens (tertiary/aromatic N) is 8. The molecule has 5 heterocycles. The first-order valence-corrected chi connectivity index (χ1v) is 18.6. The second-order valence-electron chi connectivity index (χ2n) is 15.0. The van der Waals surface area contributed by atoms with E-state index >= 15 is 0 Å². The number of carbonyl (C=O) groups is 3. The molecule has 2 N–H and O–H groups in total. The highest BCUT2D eigenvalue weighted by molar-refractivity contribution is 6.33. The highest BCUT2D eigenvalue weighted by Gasteiger charge is 2.53. The number of anilines is 1. The van der Waals surface area contributed by atoms with Crippen molar-refractivity contribution in [1.29, 1.82) is 5.26 Å². The fourth-order valence-corrected chi connectivity index (χ4v) is 8.68. The van der Waals surface area contributed by atoms with E-state index in [2.05, 4.69) is 21.5 Å². The Balaban J connectivity index is 1.15. The van der Waals surface area contributed by atoms with E-state index in [1.165, 1.54) is 22.8 Å². The number of alkyl halides is 3. The fourth-order valence-electron chi connectivity index (χ4n) is 8.45. The molecule has 0 unspecified atom stereocenters. The summed E-state index contributed by atoms with van der Waals surface area (Å²) in [5.41, 5.74) is -1.45. The number of fused-ring (bicyclic) bond motifs is 3. The van der Waals surface area contributed by atoms with Crippen LogP contribution < -0.4 is 10.9 Å². The van der Waals surface area contributed by atoms with E-state index in [0.717, 1.165) is 18.2 Å². The van der Waals surface area contributed by atoms with Gasteiger partial charge in [0.2, 0.25) is 17.6 Å². The number of carbonyl (C=O) groups excluding carboxylic acids is 3. The predicted octanol–water partition coefficient (Wildman–Crippen LogP) is 4.90. The molecular formula is C38H35ClF3N9O5. The molecule has 56 heavy (non-hydrogen) atoms. The maximum atomic E-state index is 14.6. The van der Waals surface area contributed by atoms with Crippen molar-refractivity contribution in [3.63, 3.8) is 0 Å². The first-order chi connectivity index (χ1) is 26.6. The quantitative estimate of drug-likeness (QED) is 0.275. The smallest absolute Gasteiger partial charge is 0.416 e. The summed E-state index contributed by atoms with van der Waals surface area (Å²) in [7, 11) is 0. The van der Waals surface area contributed by atoms with Crippen molar-refractivity contribution in [1.82, 2.24) is 33.9 Å². The van der Waals surface area contributed by atoms with Crippen LogP contribution >= 0.6 is 11.6 Å². The van der Waals surface area contributed by atoms with E-state index in [1.54, 1.807) is 20.4 Å². The van der Waals surface area contributed by atoms with Gasteiger partial charge in [-0.3, -0.25) is 19.2 Å². The summed E-state index contributed by atoms with van der Waals surface area (Å²) in [5.74, 6) is -1.45. The summed E-state index contributed by atoms with van der Waals surface area (Å²) in [4.78, 5) is 66.7. The summed E-state index contributed by atoms with van der Waals surface area (Å²) in [6.07, 6.45) is 1.33. The number of benzene rings is 1. The minimum absolute atomic E-state index is 0.0307. The maximum absolute atomic E-state index is 14.6. The fraction of sp³-hybridized carbons (Fsp3) is 0.421. The molecule has 1 saturated heterocycles. The van der Waals surface area contributed by atoms with E-state index in [1.807, 2.05) is 6.92 Å². The molecule has 14 nitrogen and oxygen atoms in total. The number of halogens is 4. The Kier molecular flexibility index (Phi) is 8.94. The zero-order chi connectivity index (χ0) is 39.7. The molecule has 3 amide bonds. The molecule has 2 aliphatic carbocycles. The van der Waals surface area contributed by atoms with Crippen molar-refractivity contribution in [2.45, 2.75) is 69.5 Å². The number of nitrogens with one attached hydrogen (secondary N) is 1. The maximum Gasteiger partial charge on any atom is 0.416 e. The van der Waals surface area contributed by atoms with Crippen LogP contribution in [0.2, 0.25) is 5.02 Å². The molecule has 8 rings (SSSR count). The first-order valence-electron chi connectivity index (χ1n) is 18.2. The van der Waals surface area contributed by atoms with Gasteiger partial charge in [-0.1, -0.05) is 24.6 Å². The first kappa shape index (κ1) is 37.2. The van der Waals surface area contributed by atoms with Crippen molar-refractivity contribution >= 4 is 46.4 Å². The third-order valence-corrected chi connectivity index (χ3v) is 11.8. The van der Waals surface area contributed by atoms with Gasteiger partial charge in [-0.2, -0.15) is 27.9 Å². The van der Waals surface area contributed by atoms with Crippen LogP contribution in [0.25, 0.3) is 11.4 Å². The Hall–Kier alpha value is -5.76. The van der Waals surface area contributed by atoms with E-state index < -0.39 is 39.9 Å². The molecule has 4 aromatic rings. The zero-order valence-electron chi connectivity index (χ0n) is 30.1. The summed E-state index contributed by atoms with van der Waals surface area (Å²) >= 11 is 6.17. The van der Waals surface area contributed by atoms with E-state index in [9.17, 15) is 42.7 Å². The molecular weight excluding hydrogens is 755 g/mol. The van der Waals surface area contributed by atoms with E-state index in [-0.39, 0.29) is 71.8 Å². The average molecular weight is 790 g/mol. The summed E-state index contributed by atoms with van der Waals surface area (Å²) in [6, 6.07) is 7.67. The number of hydrogen-bond donors (Lipinski definition) is 2. The molecule has 1 atom stereocenters. The van der Waals surface area contributed by atoms with Gasteiger partial charge in [0.05, 0.1) is 22.3 Å². The van der Waals surface area contributed by atoms with Crippen LogP contribution in [-0.2, 0) is 27.7 Å². The largest absolute Gasteiger partial charge is 0.505 e. The lowest BCUT2D eigenvalue weighted by Crippen LogP contribution is -2.46. The normalized spacial score (nSPS) is 19.7. The average Bonchev–Trinajstić information content (AvgIpc) is 3.76. The summed E-state index contributed by atoms with van der Waals surface area (Å²) < 4.78 is 42.7. The summed E-state index contributed by atoms with van der Waals surface area (Å²) in [6.45, 7) is 2.65. The number of hydrogen-bond acceptors (Lipinski definition) is 9. The van der Waals surface area contributed by atoms with Crippen molar-refractivity contribution < 1.29 is 32.7 Å². The van der Waals surface area contributed by atoms with Crippen molar-refractivity contribution in [3.8, 4) is 11.8 Å². The van der Waals surface area contributed by atoms with Crippen molar-refractivity contribution in [3.05, 3.63) is 86.3 Å². The minimum atomic E-state index is -4.63. The standard InChI is InChI=1S/C38H35ClF3N9O5/c1-21-18-36(10-15-48(16-11-36)33(55)29-26(52)3-2-12-44-29)28-30(21)50(19-27(53)45-25-5-4-23(17-24(25)39)38(40,41)42)35-46-31(47-51(35)32(28)54)22-6-13-49(14-7-22)34(56)37(20-43)8-9-37/h2-6,12,17,21,52H,7-11,13-16,18-19H2,1H3,(H,45,53)/t21-/m0/s1. The second kappa shape index (κ2) is 13.5. The Morgan fingerprint density at radius 2 is 1.86 bits per heavy atom. The number of aromatic nitrogens is 5. The predicted molar refractivity (Wildman–Crippen MR) is 195 cm³/mol. The molecule has 3 aromatic heterocycles. The van der Waals surface area contributed by atoms with Crippen LogP contribution in [0.3, 0.4) is 0 Å².